The number of rotatable bonds is 9. The van der Waals surface area contributed by atoms with Crippen molar-refractivity contribution >= 4 is 28.9 Å². The van der Waals surface area contributed by atoms with E-state index in [1.807, 2.05) is 6.07 Å². The SMILES string of the molecule is CN/C=C(/NC(=O)c1nc(C2CC2)ccc1Nc1cncnc1)C(=N)C(=O)N(C)C1CC1. The molecular formula is C22H26N8O2. The second-order valence-electron chi connectivity index (χ2n) is 7.98. The van der Waals surface area contributed by atoms with Crippen LogP contribution in [0.25, 0.3) is 0 Å². The maximum absolute atomic E-state index is 13.2. The van der Waals surface area contributed by atoms with E-state index < -0.39 is 11.8 Å². The molecule has 4 N–H and O–H groups in total. The molecule has 2 aliphatic rings. The fourth-order valence-corrected chi connectivity index (χ4v) is 3.29. The van der Waals surface area contributed by atoms with Crippen molar-refractivity contribution < 1.29 is 9.59 Å². The normalized spacial score (nSPS) is 15.6. The van der Waals surface area contributed by atoms with E-state index in [-0.39, 0.29) is 23.1 Å². The zero-order valence-electron chi connectivity index (χ0n) is 18.1. The van der Waals surface area contributed by atoms with Gasteiger partial charge in [-0.3, -0.25) is 15.0 Å². The molecule has 0 atom stereocenters. The predicted octanol–water partition coefficient (Wildman–Crippen LogP) is 1.92. The van der Waals surface area contributed by atoms with Gasteiger partial charge in [-0.25, -0.2) is 15.0 Å². The van der Waals surface area contributed by atoms with Crippen molar-refractivity contribution in [2.45, 2.75) is 37.6 Å². The summed E-state index contributed by atoms with van der Waals surface area (Å²) in [5, 5.41) is 17.0. The van der Waals surface area contributed by atoms with Crippen LogP contribution in [0.2, 0.25) is 0 Å². The molecule has 2 aliphatic carbocycles. The molecule has 10 nitrogen and oxygen atoms in total. The molecule has 2 fully saturated rings. The first kappa shape index (κ1) is 21.4. The zero-order chi connectivity index (χ0) is 22.7. The smallest absolute Gasteiger partial charge is 0.276 e. The Morgan fingerprint density at radius 3 is 2.50 bits per heavy atom. The fraction of sp³-hybridized carbons (Fsp3) is 0.364. The molecule has 0 unspecified atom stereocenters. The van der Waals surface area contributed by atoms with Crippen molar-refractivity contribution in [3.05, 3.63) is 54.1 Å². The topological polar surface area (TPSA) is 136 Å². The molecule has 2 saturated carbocycles. The lowest BCUT2D eigenvalue weighted by Crippen LogP contribution is -2.40. The number of aromatic nitrogens is 3. The molecule has 0 radical (unpaired) electrons. The van der Waals surface area contributed by atoms with Crippen LogP contribution in [-0.4, -0.2) is 57.5 Å². The molecule has 0 bridgehead atoms. The number of pyridine rings is 1. The van der Waals surface area contributed by atoms with Crippen molar-refractivity contribution in [1.29, 1.82) is 5.41 Å². The summed E-state index contributed by atoms with van der Waals surface area (Å²) in [5.41, 5.74) is 1.93. The third-order valence-corrected chi connectivity index (χ3v) is 5.40. The zero-order valence-corrected chi connectivity index (χ0v) is 18.1. The second kappa shape index (κ2) is 9.13. The number of carbonyl (C=O) groups is 2. The quantitative estimate of drug-likeness (QED) is 0.443. The molecule has 0 aliphatic heterocycles. The average molecular weight is 435 g/mol. The van der Waals surface area contributed by atoms with E-state index in [1.54, 1.807) is 37.5 Å². The maximum atomic E-state index is 13.2. The number of anilines is 2. The van der Waals surface area contributed by atoms with E-state index in [9.17, 15) is 9.59 Å². The average Bonchev–Trinajstić information content (AvgIpc) is 3.71. The third-order valence-electron chi connectivity index (χ3n) is 5.40. The lowest BCUT2D eigenvalue weighted by molar-refractivity contribution is -0.123. The summed E-state index contributed by atoms with van der Waals surface area (Å²) in [6.45, 7) is 0. The number of nitrogens with zero attached hydrogens (tertiary/aromatic N) is 4. The Morgan fingerprint density at radius 1 is 1.16 bits per heavy atom. The Bertz CT molecular complexity index is 1060. The lowest BCUT2D eigenvalue weighted by Gasteiger charge is -2.19. The van der Waals surface area contributed by atoms with Gasteiger partial charge in [-0.2, -0.15) is 0 Å². The van der Waals surface area contributed by atoms with E-state index in [1.165, 1.54) is 12.5 Å². The van der Waals surface area contributed by atoms with Crippen molar-refractivity contribution in [2.24, 2.45) is 0 Å². The van der Waals surface area contributed by atoms with Crippen LogP contribution in [0.3, 0.4) is 0 Å². The van der Waals surface area contributed by atoms with Gasteiger partial charge in [-0.1, -0.05) is 0 Å². The highest BCUT2D eigenvalue weighted by Gasteiger charge is 2.33. The molecule has 2 amide bonds. The largest absolute Gasteiger partial charge is 0.392 e. The van der Waals surface area contributed by atoms with Crippen LogP contribution in [0, 0.1) is 5.41 Å². The molecule has 32 heavy (non-hydrogen) atoms. The van der Waals surface area contributed by atoms with Gasteiger partial charge in [0.15, 0.2) is 5.69 Å². The molecule has 0 saturated heterocycles. The van der Waals surface area contributed by atoms with Crippen molar-refractivity contribution in [2.75, 3.05) is 19.4 Å². The number of hydrogen-bond acceptors (Lipinski definition) is 8. The minimum Gasteiger partial charge on any atom is -0.392 e. The van der Waals surface area contributed by atoms with Crippen molar-refractivity contribution in [3.8, 4) is 0 Å². The Kier molecular flexibility index (Phi) is 6.11. The summed E-state index contributed by atoms with van der Waals surface area (Å²) in [6, 6.07) is 3.87. The number of amides is 2. The van der Waals surface area contributed by atoms with Gasteiger partial charge in [0, 0.05) is 37.9 Å². The van der Waals surface area contributed by atoms with Crippen LogP contribution in [0.5, 0.6) is 0 Å². The predicted molar refractivity (Wildman–Crippen MR) is 120 cm³/mol. The first-order valence-electron chi connectivity index (χ1n) is 10.6. The molecule has 166 valence electrons. The summed E-state index contributed by atoms with van der Waals surface area (Å²) < 4.78 is 0. The number of hydrogen-bond donors (Lipinski definition) is 4. The summed E-state index contributed by atoms with van der Waals surface area (Å²) in [5.74, 6) is -0.594. The van der Waals surface area contributed by atoms with Crippen molar-refractivity contribution in [3.63, 3.8) is 0 Å². The fourth-order valence-electron chi connectivity index (χ4n) is 3.29. The number of carbonyl (C=O) groups excluding carboxylic acids is 2. The summed E-state index contributed by atoms with van der Waals surface area (Å²) in [6.07, 6.45) is 10.0. The first-order chi connectivity index (χ1) is 15.5. The van der Waals surface area contributed by atoms with Crippen LogP contribution >= 0.6 is 0 Å². The van der Waals surface area contributed by atoms with E-state index in [0.29, 0.717) is 17.3 Å². The Labute approximate surface area is 186 Å². The second-order valence-corrected chi connectivity index (χ2v) is 7.98. The molecule has 10 heteroatoms. The standard InChI is InChI=1S/C22H26N8O2/c1-24-11-18(19(23)22(32)30(2)15-5-6-15)29-21(31)20-17(27-14-9-25-12-26-10-14)8-7-16(28-20)13-3-4-13/h7-13,15,23-24,27H,3-6H2,1-2H3,(H,29,31)/b18-11+,23-19?. The van der Waals surface area contributed by atoms with Gasteiger partial charge in [-0.15, -0.1) is 0 Å². The van der Waals surface area contributed by atoms with Gasteiger partial charge in [0.1, 0.15) is 12.0 Å². The minimum atomic E-state index is -0.514. The highest BCUT2D eigenvalue weighted by molar-refractivity contribution is 6.44. The van der Waals surface area contributed by atoms with Gasteiger partial charge in [-0.05, 0) is 37.8 Å². The Morgan fingerprint density at radius 2 is 1.88 bits per heavy atom. The highest BCUT2D eigenvalue weighted by Crippen LogP contribution is 2.39. The molecule has 0 aromatic carbocycles. The minimum absolute atomic E-state index is 0.0858. The van der Waals surface area contributed by atoms with E-state index in [0.717, 1.165) is 31.4 Å². The van der Waals surface area contributed by atoms with Gasteiger partial charge in [0.25, 0.3) is 11.8 Å². The molecule has 4 rings (SSSR count). The Balaban J connectivity index is 1.58. The van der Waals surface area contributed by atoms with Crippen LogP contribution in [0.4, 0.5) is 11.4 Å². The van der Waals surface area contributed by atoms with Gasteiger partial charge in [0.2, 0.25) is 0 Å². The molecular weight excluding hydrogens is 408 g/mol. The molecule has 0 spiro atoms. The molecule has 2 aromatic heterocycles. The lowest BCUT2D eigenvalue weighted by atomic mass is 10.1. The molecule has 2 heterocycles. The van der Waals surface area contributed by atoms with E-state index in [2.05, 4.69) is 30.9 Å². The summed E-state index contributed by atoms with van der Waals surface area (Å²) in [7, 11) is 3.32. The van der Waals surface area contributed by atoms with Crippen LogP contribution in [0.15, 0.2) is 42.8 Å². The third kappa shape index (κ3) is 4.90. The van der Waals surface area contributed by atoms with E-state index in [4.69, 9.17) is 5.41 Å². The highest BCUT2D eigenvalue weighted by atomic mass is 16.2. The summed E-state index contributed by atoms with van der Waals surface area (Å²) in [4.78, 5) is 40.0. The van der Waals surface area contributed by atoms with E-state index >= 15 is 0 Å². The maximum Gasteiger partial charge on any atom is 0.276 e. The molecule has 2 aromatic rings. The van der Waals surface area contributed by atoms with Crippen LogP contribution in [-0.2, 0) is 4.79 Å². The van der Waals surface area contributed by atoms with Crippen LogP contribution in [0.1, 0.15) is 47.8 Å². The Hall–Kier alpha value is -3.82. The van der Waals surface area contributed by atoms with Crippen molar-refractivity contribution in [1.82, 2.24) is 30.5 Å². The van der Waals surface area contributed by atoms with Gasteiger partial charge < -0.3 is 20.9 Å². The number of nitrogens with one attached hydrogen (secondary N) is 4. The van der Waals surface area contributed by atoms with Gasteiger partial charge in [0.05, 0.1) is 29.5 Å². The monoisotopic (exact) mass is 434 g/mol. The van der Waals surface area contributed by atoms with Gasteiger partial charge >= 0.3 is 0 Å². The summed E-state index contributed by atoms with van der Waals surface area (Å²) >= 11 is 0. The first-order valence-corrected chi connectivity index (χ1v) is 10.6. The van der Waals surface area contributed by atoms with Crippen LogP contribution < -0.4 is 16.0 Å².